The first-order chi connectivity index (χ1) is 11.1. The van der Waals surface area contributed by atoms with Crippen LogP contribution >= 0.6 is 12.2 Å². The molecule has 2 aromatic heterocycles. The van der Waals surface area contributed by atoms with E-state index >= 15 is 0 Å². The van der Waals surface area contributed by atoms with Gasteiger partial charge in [0.25, 0.3) is 0 Å². The molecule has 0 aliphatic carbocycles. The highest BCUT2D eigenvalue weighted by atomic mass is 32.1. The van der Waals surface area contributed by atoms with E-state index < -0.39 is 0 Å². The normalized spacial score (nSPS) is 11.0. The Bertz CT molecular complexity index is 862. The maximum Gasteiger partial charge on any atom is 0.216 e. The molecule has 3 aromatic rings. The van der Waals surface area contributed by atoms with Crippen LogP contribution in [0.1, 0.15) is 5.56 Å². The second-order valence-corrected chi connectivity index (χ2v) is 5.50. The van der Waals surface area contributed by atoms with Gasteiger partial charge >= 0.3 is 0 Å². The topological polar surface area (TPSA) is 62.1 Å². The third kappa shape index (κ3) is 3.35. The summed E-state index contributed by atoms with van der Waals surface area (Å²) < 4.78 is 1.99. The fraction of sp³-hybridized carbons (Fsp3) is 0.125. The molecule has 0 bridgehead atoms. The van der Waals surface area contributed by atoms with Crippen LogP contribution < -0.4 is 4.90 Å². The van der Waals surface area contributed by atoms with Crippen molar-refractivity contribution in [2.75, 3.05) is 19.0 Å². The molecular formula is C16H16N6S. The summed E-state index contributed by atoms with van der Waals surface area (Å²) >= 11 is 5.24. The van der Waals surface area contributed by atoms with E-state index in [1.54, 1.807) is 17.1 Å². The van der Waals surface area contributed by atoms with E-state index in [0.29, 0.717) is 16.3 Å². The second kappa shape index (κ2) is 6.53. The third-order valence-electron chi connectivity index (χ3n) is 3.28. The Morgan fingerprint density at radius 2 is 1.96 bits per heavy atom. The number of nitrogens with zero attached hydrogens (tertiary/aromatic N) is 5. The van der Waals surface area contributed by atoms with Crippen LogP contribution in [0.15, 0.2) is 53.8 Å². The molecule has 0 unspecified atom stereocenters. The maximum atomic E-state index is 5.24. The number of aromatic nitrogens is 4. The van der Waals surface area contributed by atoms with Crippen molar-refractivity contribution >= 4 is 24.1 Å². The predicted molar refractivity (Wildman–Crippen MR) is 94.4 cm³/mol. The molecule has 7 heteroatoms. The largest absolute Gasteiger partial charge is 0.378 e. The molecular weight excluding hydrogens is 308 g/mol. The van der Waals surface area contributed by atoms with E-state index in [2.05, 4.69) is 20.3 Å². The third-order valence-corrected chi connectivity index (χ3v) is 3.54. The van der Waals surface area contributed by atoms with Crippen molar-refractivity contribution in [3.8, 4) is 11.5 Å². The summed E-state index contributed by atoms with van der Waals surface area (Å²) in [5.74, 6) is 0.580. The molecule has 1 N–H and O–H groups in total. The van der Waals surface area contributed by atoms with Gasteiger partial charge in [-0.2, -0.15) is 14.9 Å². The molecule has 0 amide bonds. The fourth-order valence-corrected chi connectivity index (χ4v) is 2.22. The maximum absolute atomic E-state index is 5.24. The van der Waals surface area contributed by atoms with Gasteiger partial charge in [-0.15, -0.1) is 0 Å². The van der Waals surface area contributed by atoms with E-state index in [1.807, 2.05) is 61.5 Å². The minimum atomic E-state index is 0.423. The van der Waals surface area contributed by atoms with Gasteiger partial charge in [0.15, 0.2) is 0 Å². The molecule has 0 saturated heterocycles. The highest BCUT2D eigenvalue weighted by molar-refractivity contribution is 7.71. The van der Waals surface area contributed by atoms with Crippen molar-refractivity contribution in [1.29, 1.82) is 0 Å². The van der Waals surface area contributed by atoms with E-state index in [1.165, 1.54) is 0 Å². The summed E-state index contributed by atoms with van der Waals surface area (Å²) in [5, 5.41) is 11.4. The standard InChI is InChI=1S/C16H16N6S/c1-21(2)13-8-6-12(7-9-13)11-18-22-15(19-20-16(22)23)14-5-3-4-10-17-14/h3-11H,1-2H3,(H,20,23)/b18-11+. The SMILES string of the molecule is CN(C)c1ccc(/C=N/n2c(-c3ccccn3)n[nH]c2=S)cc1. The Hall–Kier alpha value is -2.80. The summed E-state index contributed by atoms with van der Waals surface area (Å²) in [6, 6.07) is 13.7. The minimum absolute atomic E-state index is 0.423. The van der Waals surface area contributed by atoms with Crippen LogP contribution in [0, 0.1) is 4.77 Å². The number of rotatable bonds is 4. The highest BCUT2D eigenvalue weighted by Gasteiger charge is 2.08. The summed E-state index contributed by atoms with van der Waals surface area (Å²) in [4.78, 5) is 6.33. The van der Waals surface area contributed by atoms with Gasteiger partial charge in [0.2, 0.25) is 10.6 Å². The molecule has 3 rings (SSSR count). The summed E-state index contributed by atoms with van der Waals surface area (Å²) in [6.07, 6.45) is 3.46. The average molecular weight is 324 g/mol. The zero-order chi connectivity index (χ0) is 16.2. The van der Waals surface area contributed by atoms with Gasteiger partial charge in [-0.25, -0.2) is 5.10 Å². The monoisotopic (exact) mass is 324 g/mol. The van der Waals surface area contributed by atoms with Crippen LogP contribution in [0.4, 0.5) is 5.69 Å². The van der Waals surface area contributed by atoms with Crippen molar-refractivity contribution in [2.24, 2.45) is 5.10 Å². The summed E-state index contributed by atoms with van der Waals surface area (Å²) in [7, 11) is 4.01. The van der Waals surface area contributed by atoms with Crippen LogP contribution in [0.5, 0.6) is 0 Å². The lowest BCUT2D eigenvalue weighted by Crippen LogP contribution is -2.08. The van der Waals surface area contributed by atoms with Gasteiger partial charge in [-0.3, -0.25) is 4.98 Å². The summed E-state index contributed by atoms with van der Waals surface area (Å²) in [6.45, 7) is 0. The Balaban J connectivity index is 1.91. The van der Waals surface area contributed by atoms with E-state index in [9.17, 15) is 0 Å². The van der Waals surface area contributed by atoms with Gasteiger partial charge in [0, 0.05) is 26.0 Å². The van der Waals surface area contributed by atoms with E-state index in [0.717, 1.165) is 11.3 Å². The van der Waals surface area contributed by atoms with Crippen molar-refractivity contribution in [3.63, 3.8) is 0 Å². The van der Waals surface area contributed by atoms with Crippen molar-refractivity contribution < 1.29 is 0 Å². The molecule has 0 aliphatic heterocycles. The Kier molecular flexibility index (Phi) is 4.29. The predicted octanol–water partition coefficient (Wildman–Crippen LogP) is 2.95. The van der Waals surface area contributed by atoms with Crippen molar-refractivity contribution in [1.82, 2.24) is 19.9 Å². The Morgan fingerprint density at radius 1 is 1.17 bits per heavy atom. The molecule has 0 radical (unpaired) electrons. The molecule has 0 spiro atoms. The van der Waals surface area contributed by atoms with Crippen LogP contribution in [-0.2, 0) is 0 Å². The first-order valence-corrected chi connectivity index (χ1v) is 7.46. The lowest BCUT2D eigenvalue weighted by atomic mass is 10.2. The van der Waals surface area contributed by atoms with Gasteiger partial charge in [-0.05, 0) is 42.0 Å². The van der Waals surface area contributed by atoms with E-state index in [4.69, 9.17) is 12.2 Å². The molecule has 0 fully saturated rings. The van der Waals surface area contributed by atoms with Gasteiger partial charge in [-0.1, -0.05) is 18.2 Å². The van der Waals surface area contributed by atoms with Crippen molar-refractivity contribution in [3.05, 3.63) is 59.0 Å². The number of nitrogens with one attached hydrogen (secondary N) is 1. The smallest absolute Gasteiger partial charge is 0.216 e. The fourth-order valence-electron chi connectivity index (χ4n) is 2.04. The van der Waals surface area contributed by atoms with Crippen LogP contribution in [-0.4, -0.2) is 40.2 Å². The number of benzene rings is 1. The highest BCUT2D eigenvalue weighted by Crippen LogP contribution is 2.14. The van der Waals surface area contributed by atoms with Crippen LogP contribution in [0.2, 0.25) is 0 Å². The number of hydrogen-bond acceptors (Lipinski definition) is 5. The zero-order valence-electron chi connectivity index (χ0n) is 12.8. The molecule has 0 aliphatic rings. The quantitative estimate of drug-likeness (QED) is 0.592. The molecule has 0 atom stereocenters. The average Bonchev–Trinajstić information content (AvgIpc) is 2.95. The van der Waals surface area contributed by atoms with E-state index in [-0.39, 0.29) is 0 Å². The number of pyridine rings is 1. The summed E-state index contributed by atoms with van der Waals surface area (Å²) in [5.41, 5.74) is 2.82. The van der Waals surface area contributed by atoms with Crippen LogP contribution in [0.3, 0.4) is 0 Å². The van der Waals surface area contributed by atoms with Gasteiger partial charge in [0.1, 0.15) is 5.69 Å². The van der Waals surface area contributed by atoms with Gasteiger partial charge in [0.05, 0.1) is 6.21 Å². The number of H-pyrrole nitrogens is 1. The molecule has 0 saturated carbocycles. The minimum Gasteiger partial charge on any atom is -0.378 e. The molecule has 23 heavy (non-hydrogen) atoms. The number of hydrogen-bond donors (Lipinski definition) is 1. The molecule has 1 aromatic carbocycles. The Labute approximate surface area is 139 Å². The van der Waals surface area contributed by atoms with Gasteiger partial charge < -0.3 is 4.90 Å². The first kappa shape index (κ1) is 15.1. The lowest BCUT2D eigenvalue weighted by Gasteiger charge is -2.11. The lowest BCUT2D eigenvalue weighted by molar-refractivity contribution is 0.867. The Morgan fingerprint density at radius 3 is 2.61 bits per heavy atom. The number of aromatic amines is 1. The first-order valence-electron chi connectivity index (χ1n) is 7.06. The van der Waals surface area contributed by atoms with Crippen molar-refractivity contribution in [2.45, 2.75) is 0 Å². The van der Waals surface area contributed by atoms with Crippen LogP contribution in [0.25, 0.3) is 11.5 Å². The molecule has 2 heterocycles. The molecule has 6 nitrogen and oxygen atoms in total. The number of anilines is 1. The zero-order valence-corrected chi connectivity index (χ0v) is 13.7. The molecule has 116 valence electrons. The second-order valence-electron chi connectivity index (χ2n) is 5.11.